The first-order valence-electron chi connectivity index (χ1n) is 4.20. The summed E-state index contributed by atoms with van der Waals surface area (Å²) in [6.45, 7) is 0. The first-order chi connectivity index (χ1) is 7.49. The van der Waals surface area contributed by atoms with Crippen LogP contribution < -0.4 is 0 Å². The van der Waals surface area contributed by atoms with Crippen LogP contribution in [0.1, 0.15) is 16.7 Å². The number of alkyl halides is 3. The van der Waals surface area contributed by atoms with Crippen LogP contribution in [0.4, 0.5) is 13.2 Å². The molecule has 0 heterocycles. The summed E-state index contributed by atoms with van der Waals surface area (Å²) in [7, 11) is 0. The molecule has 0 atom stereocenters. The fraction of sp³-hybridized carbons (Fsp3) is 0.182. The quantitative estimate of drug-likeness (QED) is 0.548. The average Bonchev–Trinajstić information content (AvgIpc) is 2.25. The SMILES string of the molecule is N#Cc1ccc(C#CCS)c(C(F)(F)F)c1. The van der Waals surface area contributed by atoms with Gasteiger partial charge in [0.2, 0.25) is 0 Å². The first-order valence-corrected chi connectivity index (χ1v) is 4.83. The van der Waals surface area contributed by atoms with Crippen molar-refractivity contribution in [2.45, 2.75) is 6.18 Å². The van der Waals surface area contributed by atoms with Gasteiger partial charge in [-0.1, -0.05) is 11.8 Å². The predicted octanol–water partition coefficient (Wildman–Crippen LogP) is 2.86. The second-order valence-electron chi connectivity index (χ2n) is 2.83. The Morgan fingerprint density at radius 3 is 2.50 bits per heavy atom. The fourth-order valence-corrected chi connectivity index (χ4v) is 1.17. The van der Waals surface area contributed by atoms with Crippen molar-refractivity contribution < 1.29 is 13.2 Å². The van der Waals surface area contributed by atoms with Crippen LogP contribution in [0.15, 0.2) is 18.2 Å². The molecule has 0 radical (unpaired) electrons. The van der Waals surface area contributed by atoms with E-state index in [1.165, 1.54) is 12.1 Å². The van der Waals surface area contributed by atoms with Crippen molar-refractivity contribution in [3.05, 3.63) is 34.9 Å². The van der Waals surface area contributed by atoms with Crippen LogP contribution in [-0.2, 0) is 6.18 Å². The number of benzene rings is 1. The molecule has 0 amide bonds. The predicted molar refractivity (Wildman–Crippen MR) is 56.9 cm³/mol. The number of halogens is 3. The lowest BCUT2D eigenvalue weighted by Crippen LogP contribution is -2.08. The summed E-state index contributed by atoms with van der Waals surface area (Å²) < 4.78 is 37.8. The lowest BCUT2D eigenvalue weighted by atomic mass is 10.0. The van der Waals surface area contributed by atoms with Gasteiger partial charge < -0.3 is 0 Å². The van der Waals surface area contributed by atoms with Crippen molar-refractivity contribution in [2.75, 3.05) is 5.75 Å². The number of hydrogen-bond donors (Lipinski definition) is 1. The standard InChI is InChI=1S/C11H6F3NS/c12-11(13,14)10-6-8(7-15)3-4-9(10)2-1-5-16/h3-4,6,16H,5H2. The summed E-state index contributed by atoms with van der Waals surface area (Å²) in [6.07, 6.45) is -4.51. The largest absolute Gasteiger partial charge is 0.417 e. The van der Waals surface area contributed by atoms with E-state index < -0.39 is 11.7 Å². The molecule has 5 heteroatoms. The molecule has 0 fully saturated rings. The third-order valence-electron chi connectivity index (χ3n) is 1.76. The summed E-state index contributed by atoms with van der Waals surface area (Å²) in [5.41, 5.74) is -1.06. The Kier molecular flexibility index (Phi) is 3.87. The second-order valence-corrected chi connectivity index (χ2v) is 3.15. The van der Waals surface area contributed by atoms with Gasteiger partial charge in [0.05, 0.1) is 22.9 Å². The minimum absolute atomic E-state index is 0.0382. The number of rotatable bonds is 0. The van der Waals surface area contributed by atoms with E-state index in [2.05, 4.69) is 24.5 Å². The normalized spacial score (nSPS) is 10.2. The fourth-order valence-electron chi connectivity index (χ4n) is 1.09. The average molecular weight is 241 g/mol. The van der Waals surface area contributed by atoms with Gasteiger partial charge in [0.1, 0.15) is 0 Å². The minimum atomic E-state index is -4.51. The molecule has 1 aromatic rings. The Morgan fingerprint density at radius 2 is 2.00 bits per heavy atom. The highest BCUT2D eigenvalue weighted by Crippen LogP contribution is 2.32. The van der Waals surface area contributed by atoms with Crippen molar-refractivity contribution in [1.29, 1.82) is 5.26 Å². The molecule has 0 saturated carbocycles. The summed E-state index contributed by atoms with van der Waals surface area (Å²) >= 11 is 3.79. The van der Waals surface area contributed by atoms with Crippen LogP contribution in [0.25, 0.3) is 0 Å². The van der Waals surface area contributed by atoms with E-state index in [-0.39, 0.29) is 16.9 Å². The number of nitriles is 1. The number of hydrogen-bond acceptors (Lipinski definition) is 2. The van der Waals surface area contributed by atoms with E-state index in [1.54, 1.807) is 6.07 Å². The molecule has 0 aliphatic heterocycles. The topological polar surface area (TPSA) is 23.8 Å². The van der Waals surface area contributed by atoms with Crippen molar-refractivity contribution in [3.8, 4) is 17.9 Å². The molecule has 0 N–H and O–H groups in total. The number of thiol groups is 1. The van der Waals surface area contributed by atoms with E-state index in [9.17, 15) is 13.2 Å². The Hall–Kier alpha value is -1.59. The Morgan fingerprint density at radius 1 is 1.31 bits per heavy atom. The molecule has 16 heavy (non-hydrogen) atoms. The maximum Gasteiger partial charge on any atom is 0.417 e. The monoisotopic (exact) mass is 241 g/mol. The van der Waals surface area contributed by atoms with Crippen LogP contribution in [0.3, 0.4) is 0 Å². The Labute approximate surface area is 96.3 Å². The van der Waals surface area contributed by atoms with E-state index in [4.69, 9.17) is 5.26 Å². The van der Waals surface area contributed by atoms with Crippen LogP contribution in [0.5, 0.6) is 0 Å². The molecule has 0 aliphatic rings. The highest BCUT2D eigenvalue weighted by Gasteiger charge is 2.33. The van der Waals surface area contributed by atoms with Gasteiger partial charge in [0.15, 0.2) is 0 Å². The molecule has 0 aliphatic carbocycles. The number of nitrogens with zero attached hydrogens (tertiary/aromatic N) is 1. The highest BCUT2D eigenvalue weighted by atomic mass is 32.1. The van der Waals surface area contributed by atoms with Crippen molar-refractivity contribution in [1.82, 2.24) is 0 Å². The molecule has 0 aromatic heterocycles. The molecule has 1 rings (SSSR count). The van der Waals surface area contributed by atoms with Gasteiger partial charge in [-0.05, 0) is 18.2 Å². The van der Waals surface area contributed by atoms with E-state index in [0.29, 0.717) is 0 Å². The van der Waals surface area contributed by atoms with Crippen LogP contribution >= 0.6 is 12.6 Å². The van der Waals surface area contributed by atoms with E-state index in [0.717, 1.165) is 6.07 Å². The molecule has 0 spiro atoms. The molecular formula is C11H6F3NS. The van der Waals surface area contributed by atoms with Gasteiger partial charge >= 0.3 is 6.18 Å². The molecule has 0 saturated heterocycles. The van der Waals surface area contributed by atoms with E-state index >= 15 is 0 Å². The van der Waals surface area contributed by atoms with Gasteiger partial charge in [-0.25, -0.2) is 0 Å². The lowest BCUT2D eigenvalue weighted by molar-refractivity contribution is -0.137. The van der Waals surface area contributed by atoms with E-state index in [1.807, 2.05) is 0 Å². The zero-order valence-electron chi connectivity index (χ0n) is 7.97. The van der Waals surface area contributed by atoms with Crippen LogP contribution in [0.2, 0.25) is 0 Å². The molecular weight excluding hydrogens is 235 g/mol. The maximum atomic E-state index is 12.6. The second kappa shape index (κ2) is 4.96. The minimum Gasteiger partial charge on any atom is -0.192 e. The van der Waals surface area contributed by atoms with Gasteiger partial charge in [0, 0.05) is 5.56 Å². The van der Waals surface area contributed by atoms with Gasteiger partial charge in [-0.2, -0.15) is 31.1 Å². The van der Waals surface area contributed by atoms with Gasteiger partial charge in [0.25, 0.3) is 0 Å². The molecule has 82 valence electrons. The van der Waals surface area contributed by atoms with Crippen molar-refractivity contribution in [3.63, 3.8) is 0 Å². The van der Waals surface area contributed by atoms with Crippen molar-refractivity contribution in [2.24, 2.45) is 0 Å². The molecule has 1 nitrogen and oxygen atoms in total. The summed E-state index contributed by atoms with van der Waals surface area (Å²) in [6, 6.07) is 4.95. The van der Waals surface area contributed by atoms with Crippen molar-refractivity contribution >= 4 is 12.6 Å². The summed E-state index contributed by atoms with van der Waals surface area (Å²) in [5.74, 6) is 4.99. The first kappa shape index (κ1) is 12.5. The Bertz CT molecular complexity index is 489. The summed E-state index contributed by atoms with van der Waals surface area (Å²) in [5, 5.41) is 8.53. The highest BCUT2D eigenvalue weighted by molar-refractivity contribution is 7.80. The third kappa shape index (κ3) is 2.95. The lowest BCUT2D eigenvalue weighted by Gasteiger charge is -2.09. The van der Waals surface area contributed by atoms with Crippen LogP contribution in [-0.4, -0.2) is 5.75 Å². The van der Waals surface area contributed by atoms with Gasteiger partial charge in [-0.3, -0.25) is 0 Å². The molecule has 0 bridgehead atoms. The third-order valence-corrected chi connectivity index (χ3v) is 1.91. The Balaban J connectivity index is 3.35. The zero-order valence-corrected chi connectivity index (χ0v) is 8.86. The molecule has 0 unspecified atom stereocenters. The van der Waals surface area contributed by atoms with Crippen LogP contribution in [0, 0.1) is 23.2 Å². The van der Waals surface area contributed by atoms with Gasteiger partial charge in [-0.15, -0.1) is 0 Å². The summed E-state index contributed by atoms with van der Waals surface area (Å²) in [4.78, 5) is 0. The molecule has 1 aromatic carbocycles. The maximum absolute atomic E-state index is 12.6. The zero-order chi connectivity index (χ0) is 12.2. The smallest absolute Gasteiger partial charge is 0.192 e.